The Morgan fingerprint density at radius 3 is 2.41 bits per heavy atom. The normalized spacial score (nSPS) is 14.4. The molecule has 1 aliphatic rings. The number of halogens is 1. The number of aromatic amines is 1. The first-order chi connectivity index (χ1) is 18.8. The lowest BCUT2D eigenvalue weighted by molar-refractivity contribution is -0.111. The molecule has 1 atom stereocenters. The summed E-state index contributed by atoms with van der Waals surface area (Å²) in [6, 6.07) is 16.3. The highest BCUT2D eigenvalue weighted by Crippen LogP contribution is 2.32. The molecule has 198 valence electrons. The Labute approximate surface area is 224 Å². The summed E-state index contributed by atoms with van der Waals surface area (Å²) in [6.45, 7) is 6.45. The quantitative estimate of drug-likeness (QED) is 0.307. The largest absolute Gasteiger partial charge is 0.357 e. The number of rotatable bonds is 7. The molecule has 0 radical (unpaired) electrons. The first-order valence-electron chi connectivity index (χ1n) is 12.4. The van der Waals surface area contributed by atoms with Crippen LogP contribution in [0.15, 0.2) is 79.5 Å². The van der Waals surface area contributed by atoms with Crippen molar-refractivity contribution in [3.63, 3.8) is 0 Å². The number of carbonyl (C=O) groups is 3. The molecule has 1 aliphatic heterocycles. The van der Waals surface area contributed by atoms with E-state index in [1.54, 1.807) is 64.3 Å². The minimum Gasteiger partial charge on any atom is -0.357 e. The molecule has 2 aromatic carbocycles. The number of nitrogens with zero attached hydrogens (tertiary/aromatic N) is 3. The van der Waals surface area contributed by atoms with E-state index in [1.165, 1.54) is 18.2 Å². The van der Waals surface area contributed by atoms with E-state index < -0.39 is 5.91 Å². The van der Waals surface area contributed by atoms with E-state index in [0.29, 0.717) is 35.7 Å². The standard InChI is InChI=1S/C29H27FN6O3/c1-3-25(37)32-21-10-12-22(13-11-21)33-28(38)26-23-17-35(29(39)24-5-4-14-31-24)15-18(2)27(23)36(34-26)16-19-6-8-20(30)9-7-19/h3-14,18,31H,1,15-17H2,2H3,(H,32,37)(H,33,38). The Balaban J connectivity index is 1.45. The van der Waals surface area contributed by atoms with Crippen LogP contribution in [0, 0.1) is 5.82 Å². The van der Waals surface area contributed by atoms with Gasteiger partial charge in [-0.25, -0.2) is 4.39 Å². The van der Waals surface area contributed by atoms with Gasteiger partial charge in [0.25, 0.3) is 11.8 Å². The van der Waals surface area contributed by atoms with Gasteiger partial charge in [-0.3, -0.25) is 19.1 Å². The smallest absolute Gasteiger partial charge is 0.276 e. The molecule has 0 saturated heterocycles. The Morgan fingerprint density at radius 1 is 1.08 bits per heavy atom. The molecule has 2 aromatic heterocycles. The lowest BCUT2D eigenvalue weighted by atomic mass is 9.95. The molecule has 9 nitrogen and oxygen atoms in total. The summed E-state index contributed by atoms with van der Waals surface area (Å²) < 4.78 is 15.2. The van der Waals surface area contributed by atoms with E-state index >= 15 is 0 Å². The monoisotopic (exact) mass is 526 g/mol. The zero-order chi connectivity index (χ0) is 27.5. The first kappa shape index (κ1) is 25.7. The zero-order valence-corrected chi connectivity index (χ0v) is 21.3. The molecule has 1 unspecified atom stereocenters. The lowest BCUT2D eigenvalue weighted by Crippen LogP contribution is -2.38. The predicted molar refractivity (Wildman–Crippen MR) is 145 cm³/mol. The number of anilines is 2. The number of aromatic nitrogens is 3. The van der Waals surface area contributed by atoms with Gasteiger partial charge in [0, 0.05) is 41.3 Å². The predicted octanol–water partition coefficient (Wildman–Crippen LogP) is 4.53. The summed E-state index contributed by atoms with van der Waals surface area (Å²) >= 11 is 0. The molecule has 4 aromatic rings. The first-order valence-corrected chi connectivity index (χ1v) is 12.4. The Morgan fingerprint density at radius 2 is 1.77 bits per heavy atom. The fraction of sp³-hybridized carbons (Fsp3) is 0.172. The summed E-state index contributed by atoms with van der Waals surface area (Å²) in [5, 5.41) is 10.2. The minimum atomic E-state index is -0.423. The van der Waals surface area contributed by atoms with E-state index in [0.717, 1.165) is 11.3 Å². The number of hydrogen-bond donors (Lipinski definition) is 3. The Kier molecular flexibility index (Phi) is 7.09. The van der Waals surface area contributed by atoms with E-state index in [9.17, 15) is 18.8 Å². The van der Waals surface area contributed by atoms with Gasteiger partial charge >= 0.3 is 0 Å². The average molecular weight is 527 g/mol. The van der Waals surface area contributed by atoms with Crippen LogP contribution in [0.5, 0.6) is 0 Å². The molecule has 3 amide bonds. The number of benzene rings is 2. The van der Waals surface area contributed by atoms with Gasteiger partial charge < -0.3 is 20.5 Å². The van der Waals surface area contributed by atoms with Crippen molar-refractivity contribution in [2.75, 3.05) is 17.2 Å². The molecule has 5 rings (SSSR count). The lowest BCUT2D eigenvalue weighted by Gasteiger charge is -2.32. The molecule has 3 heterocycles. The van der Waals surface area contributed by atoms with Gasteiger partial charge in [-0.15, -0.1) is 0 Å². The minimum absolute atomic E-state index is 0.102. The van der Waals surface area contributed by atoms with Gasteiger partial charge in [0.2, 0.25) is 5.91 Å². The number of nitrogens with one attached hydrogen (secondary N) is 3. The van der Waals surface area contributed by atoms with E-state index in [2.05, 4.69) is 27.3 Å². The van der Waals surface area contributed by atoms with Gasteiger partial charge in [0.15, 0.2) is 5.69 Å². The van der Waals surface area contributed by atoms with Crippen molar-refractivity contribution in [1.29, 1.82) is 0 Å². The van der Waals surface area contributed by atoms with Crippen LogP contribution in [0.1, 0.15) is 50.6 Å². The van der Waals surface area contributed by atoms with Gasteiger partial charge in [-0.2, -0.15) is 5.10 Å². The molecule has 0 saturated carbocycles. The molecule has 10 heteroatoms. The summed E-state index contributed by atoms with van der Waals surface area (Å²) in [5.41, 5.74) is 4.13. The fourth-order valence-corrected chi connectivity index (χ4v) is 4.77. The Bertz CT molecular complexity index is 1520. The third-order valence-electron chi connectivity index (χ3n) is 6.58. The maximum atomic E-state index is 13.5. The van der Waals surface area contributed by atoms with Crippen LogP contribution < -0.4 is 10.6 Å². The van der Waals surface area contributed by atoms with Crippen molar-refractivity contribution in [2.24, 2.45) is 0 Å². The number of H-pyrrole nitrogens is 1. The highest BCUT2D eigenvalue weighted by Gasteiger charge is 2.34. The number of amides is 3. The maximum absolute atomic E-state index is 13.5. The van der Waals surface area contributed by atoms with Crippen molar-refractivity contribution >= 4 is 29.1 Å². The van der Waals surface area contributed by atoms with Crippen molar-refractivity contribution in [3.05, 3.63) is 114 Å². The molecule has 39 heavy (non-hydrogen) atoms. The van der Waals surface area contributed by atoms with Crippen LogP contribution in [-0.2, 0) is 17.9 Å². The van der Waals surface area contributed by atoms with Crippen LogP contribution in [0.25, 0.3) is 0 Å². The summed E-state index contributed by atoms with van der Waals surface area (Å²) in [6.07, 6.45) is 2.87. The molecular formula is C29H27FN6O3. The molecule has 0 aliphatic carbocycles. The fourth-order valence-electron chi connectivity index (χ4n) is 4.77. The number of carbonyl (C=O) groups excluding carboxylic acids is 3. The second-order valence-electron chi connectivity index (χ2n) is 9.39. The van der Waals surface area contributed by atoms with Gasteiger partial charge in [0.1, 0.15) is 11.5 Å². The van der Waals surface area contributed by atoms with Crippen LogP contribution >= 0.6 is 0 Å². The van der Waals surface area contributed by atoms with Crippen LogP contribution in [0.2, 0.25) is 0 Å². The van der Waals surface area contributed by atoms with Crippen molar-refractivity contribution in [2.45, 2.75) is 25.9 Å². The molecule has 0 spiro atoms. The summed E-state index contributed by atoms with van der Waals surface area (Å²) in [5.74, 6) is -1.35. The van der Waals surface area contributed by atoms with Gasteiger partial charge in [0.05, 0.1) is 13.1 Å². The van der Waals surface area contributed by atoms with Crippen molar-refractivity contribution in [1.82, 2.24) is 19.7 Å². The third kappa shape index (κ3) is 5.49. The number of hydrogen-bond acceptors (Lipinski definition) is 4. The third-order valence-corrected chi connectivity index (χ3v) is 6.58. The van der Waals surface area contributed by atoms with Crippen molar-refractivity contribution in [3.8, 4) is 0 Å². The molecule has 0 fully saturated rings. The van der Waals surface area contributed by atoms with Crippen molar-refractivity contribution < 1.29 is 18.8 Å². The topological polar surface area (TPSA) is 112 Å². The van der Waals surface area contributed by atoms with Gasteiger partial charge in [-0.1, -0.05) is 25.6 Å². The highest BCUT2D eigenvalue weighted by atomic mass is 19.1. The summed E-state index contributed by atoms with van der Waals surface area (Å²) in [4.78, 5) is 42.8. The van der Waals surface area contributed by atoms with E-state index in [1.807, 2.05) is 6.92 Å². The molecule has 3 N–H and O–H groups in total. The van der Waals surface area contributed by atoms with Crippen LogP contribution in [0.4, 0.5) is 15.8 Å². The summed E-state index contributed by atoms with van der Waals surface area (Å²) in [7, 11) is 0. The van der Waals surface area contributed by atoms with Crippen LogP contribution in [0.3, 0.4) is 0 Å². The second kappa shape index (κ2) is 10.8. The van der Waals surface area contributed by atoms with Gasteiger partial charge in [-0.05, 0) is 60.2 Å². The zero-order valence-electron chi connectivity index (χ0n) is 21.3. The van der Waals surface area contributed by atoms with E-state index in [-0.39, 0.29) is 35.8 Å². The SMILES string of the molecule is C=CC(=O)Nc1ccc(NC(=O)c2nn(Cc3ccc(F)cc3)c3c2CN(C(=O)c2ccc[nH]2)CC3C)cc1. The molecular weight excluding hydrogens is 499 g/mol. The van der Waals surface area contributed by atoms with Crippen LogP contribution in [-0.4, -0.2) is 43.9 Å². The second-order valence-corrected chi connectivity index (χ2v) is 9.39. The highest BCUT2D eigenvalue weighted by molar-refractivity contribution is 6.04. The number of fused-ring (bicyclic) bond motifs is 1. The maximum Gasteiger partial charge on any atom is 0.276 e. The van der Waals surface area contributed by atoms with E-state index in [4.69, 9.17) is 0 Å². The average Bonchev–Trinajstić information content (AvgIpc) is 3.59. The Hall–Kier alpha value is -4.99. The molecule has 0 bridgehead atoms.